The van der Waals surface area contributed by atoms with E-state index in [1.807, 2.05) is 6.92 Å². The highest BCUT2D eigenvalue weighted by atomic mass is 16.5. The Bertz CT molecular complexity index is 1150. The van der Waals surface area contributed by atoms with Gasteiger partial charge in [-0.2, -0.15) is 0 Å². The first-order valence-corrected chi connectivity index (χ1v) is 12.8. The summed E-state index contributed by atoms with van der Waals surface area (Å²) in [6.07, 6.45) is 12.9. The summed E-state index contributed by atoms with van der Waals surface area (Å²) in [7, 11) is 1.52. The number of benzene rings is 1. The van der Waals surface area contributed by atoms with Crippen molar-refractivity contribution in [3.8, 4) is 11.5 Å². The normalized spacial score (nSPS) is 42.6. The van der Waals surface area contributed by atoms with Crippen LogP contribution in [-0.4, -0.2) is 23.3 Å². The summed E-state index contributed by atoms with van der Waals surface area (Å²) in [6.45, 7) is 13.6. The zero-order valence-electron chi connectivity index (χ0n) is 21.8. The Morgan fingerprint density at radius 3 is 2.44 bits per heavy atom. The molecule has 1 aromatic rings. The van der Waals surface area contributed by atoms with Crippen LogP contribution in [0.25, 0.3) is 6.08 Å². The zero-order chi connectivity index (χ0) is 24.9. The van der Waals surface area contributed by atoms with Gasteiger partial charge in [0.2, 0.25) is 0 Å². The quantitative estimate of drug-likeness (QED) is 0.272. The van der Waals surface area contributed by atoms with Gasteiger partial charge in [0, 0.05) is 16.4 Å². The van der Waals surface area contributed by atoms with E-state index in [-0.39, 0.29) is 39.1 Å². The average molecular weight is 465 g/mol. The molecule has 0 saturated heterocycles. The number of carbonyl (C=O) groups is 1. The Kier molecular flexibility index (Phi) is 4.79. The molecule has 0 aromatic heterocycles. The lowest BCUT2D eigenvalue weighted by Crippen LogP contribution is -2.59. The van der Waals surface area contributed by atoms with Crippen LogP contribution in [0, 0.1) is 34.5 Å². The molecule has 0 aliphatic heterocycles. The fraction of sp³-hybridized carbons (Fsp3) is 0.633. The number of ether oxygens (including phenoxy) is 1. The zero-order valence-corrected chi connectivity index (χ0v) is 21.8. The van der Waals surface area contributed by atoms with Crippen LogP contribution >= 0.6 is 0 Å². The second-order valence-corrected chi connectivity index (χ2v) is 12.9. The number of rotatable bonds is 1. The van der Waals surface area contributed by atoms with Crippen LogP contribution in [0.3, 0.4) is 0 Å². The third-order valence-electron chi connectivity index (χ3n) is 11.2. The standard InChI is InChI=1S/C30H40O4/c1-18-19-8-11-30(6)22-9-10-26(2)12-13-27(3,25(33)34-7)17-23(26)28(22,4)14-15-29(30,5)20(19)16-21(31)24(18)32/h8-9,11,16,23,31-32H,10,12-15,17H2,1-7H3/t23-,26+,27-,28-,29?,30?/m1/s1. The highest BCUT2D eigenvalue weighted by Gasteiger charge is 2.64. The van der Waals surface area contributed by atoms with Gasteiger partial charge in [0.25, 0.3) is 0 Å². The number of hydrogen-bond acceptors (Lipinski definition) is 4. The average Bonchev–Trinajstić information content (AvgIpc) is 2.79. The van der Waals surface area contributed by atoms with Gasteiger partial charge < -0.3 is 14.9 Å². The van der Waals surface area contributed by atoms with Gasteiger partial charge in [0.15, 0.2) is 11.5 Å². The molecule has 2 saturated carbocycles. The molecule has 6 atom stereocenters. The molecule has 2 unspecified atom stereocenters. The lowest BCUT2D eigenvalue weighted by molar-refractivity contribution is -0.161. The minimum Gasteiger partial charge on any atom is -0.504 e. The van der Waals surface area contributed by atoms with Gasteiger partial charge in [-0.25, -0.2) is 0 Å². The minimum absolute atomic E-state index is 0.00713. The fourth-order valence-electron chi connectivity index (χ4n) is 8.56. The maximum atomic E-state index is 12.8. The summed E-state index contributed by atoms with van der Waals surface area (Å²) in [5.41, 5.74) is 3.75. The molecule has 2 N–H and O–H groups in total. The Hall–Kier alpha value is -2.23. The molecule has 5 rings (SSSR count). The summed E-state index contributed by atoms with van der Waals surface area (Å²) < 4.78 is 5.26. The highest BCUT2D eigenvalue weighted by molar-refractivity contribution is 5.76. The smallest absolute Gasteiger partial charge is 0.311 e. The summed E-state index contributed by atoms with van der Waals surface area (Å²) in [5, 5.41) is 20.9. The van der Waals surface area contributed by atoms with Crippen molar-refractivity contribution in [2.75, 3.05) is 7.11 Å². The van der Waals surface area contributed by atoms with E-state index in [1.165, 1.54) is 12.7 Å². The lowest BCUT2D eigenvalue weighted by atomic mass is 9.37. The number of esters is 1. The Morgan fingerprint density at radius 2 is 1.76 bits per heavy atom. The molecule has 4 aliphatic carbocycles. The maximum absolute atomic E-state index is 12.8. The second-order valence-electron chi connectivity index (χ2n) is 12.9. The summed E-state index contributed by atoms with van der Waals surface area (Å²) in [5.74, 6) is 0.283. The molecular weight excluding hydrogens is 424 g/mol. The van der Waals surface area contributed by atoms with Crippen molar-refractivity contribution in [1.29, 1.82) is 0 Å². The van der Waals surface area contributed by atoms with Gasteiger partial charge in [-0.1, -0.05) is 51.5 Å². The van der Waals surface area contributed by atoms with Gasteiger partial charge >= 0.3 is 5.97 Å². The number of allylic oxidation sites excluding steroid dienone is 3. The molecule has 184 valence electrons. The first-order valence-electron chi connectivity index (χ1n) is 12.8. The predicted octanol–water partition coefficient (Wildman–Crippen LogP) is 6.81. The predicted molar refractivity (Wildman–Crippen MR) is 135 cm³/mol. The summed E-state index contributed by atoms with van der Waals surface area (Å²) in [6, 6.07) is 1.80. The van der Waals surface area contributed by atoms with E-state index in [0.717, 1.165) is 55.2 Å². The first kappa shape index (κ1) is 23.5. The first-order chi connectivity index (χ1) is 15.8. The van der Waals surface area contributed by atoms with Gasteiger partial charge in [0.1, 0.15) is 0 Å². The van der Waals surface area contributed by atoms with E-state index in [2.05, 4.69) is 52.8 Å². The molecule has 4 heteroatoms. The summed E-state index contributed by atoms with van der Waals surface area (Å²) >= 11 is 0. The molecule has 4 aliphatic rings. The van der Waals surface area contributed by atoms with Crippen LogP contribution in [0.4, 0.5) is 0 Å². The van der Waals surface area contributed by atoms with Gasteiger partial charge in [-0.3, -0.25) is 4.79 Å². The molecule has 34 heavy (non-hydrogen) atoms. The van der Waals surface area contributed by atoms with Crippen LogP contribution in [0.2, 0.25) is 0 Å². The lowest BCUT2D eigenvalue weighted by Gasteiger charge is -2.66. The summed E-state index contributed by atoms with van der Waals surface area (Å²) in [4.78, 5) is 12.8. The molecule has 0 spiro atoms. The highest BCUT2D eigenvalue weighted by Crippen LogP contribution is 2.72. The molecule has 1 aromatic carbocycles. The molecule has 0 bridgehead atoms. The molecular formula is C30H40O4. The van der Waals surface area contributed by atoms with E-state index < -0.39 is 5.41 Å². The Balaban J connectivity index is 1.64. The van der Waals surface area contributed by atoms with Crippen molar-refractivity contribution in [3.63, 3.8) is 0 Å². The van der Waals surface area contributed by atoms with Crippen molar-refractivity contribution in [3.05, 3.63) is 40.5 Å². The third-order valence-corrected chi connectivity index (χ3v) is 11.2. The number of carbonyl (C=O) groups excluding carboxylic acids is 1. The molecule has 0 radical (unpaired) electrons. The Morgan fingerprint density at radius 1 is 1.06 bits per heavy atom. The third kappa shape index (κ3) is 2.69. The molecule has 2 fully saturated rings. The number of fused-ring (bicyclic) bond motifs is 7. The van der Waals surface area contributed by atoms with Crippen LogP contribution < -0.4 is 0 Å². The number of hydrogen-bond donors (Lipinski definition) is 2. The molecule has 0 amide bonds. The van der Waals surface area contributed by atoms with Crippen LogP contribution in [-0.2, 0) is 14.9 Å². The van der Waals surface area contributed by atoms with Crippen molar-refractivity contribution in [2.45, 2.75) is 85.5 Å². The minimum atomic E-state index is -0.429. The van der Waals surface area contributed by atoms with Crippen LogP contribution in [0.1, 0.15) is 89.8 Å². The van der Waals surface area contributed by atoms with E-state index in [1.54, 1.807) is 6.07 Å². The van der Waals surface area contributed by atoms with E-state index in [9.17, 15) is 15.0 Å². The second kappa shape index (κ2) is 6.92. The topological polar surface area (TPSA) is 66.8 Å². The largest absolute Gasteiger partial charge is 0.504 e. The van der Waals surface area contributed by atoms with E-state index in [0.29, 0.717) is 5.92 Å². The van der Waals surface area contributed by atoms with Crippen LogP contribution in [0.5, 0.6) is 11.5 Å². The monoisotopic (exact) mass is 464 g/mol. The van der Waals surface area contributed by atoms with Gasteiger partial charge in [-0.05, 0) is 86.3 Å². The van der Waals surface area contributed by atoms with Crippen molar-refractivity contribution < 1.29 is 19.7 Å². The van der Waals surface area contributed by atoms with Crippen molar-refractivity contribution >= 4 is 12.0 Å². The van der Waals surface area contributed by atoms with Crippen molar-refractivity contribution in [2.24, 2.45) is 27.6 Å². The van der Waals surface area contributed by atoms with Gasteiger partial charge in [0.05, 0.1) is 12.5 Å². The number of aromatic hydroxyl groups is 2. The molecule has 4 nitrogen and oxygen atoms in total. The Labute approximate surface area is 204 Å². The van der Waals surface area contributed by atoms with E-state index >= 15 is 0 Å². The van der Waals surface area contributed by atoms with Crippen molar-refractivity contribution in [1.82, 2.24) is 0 Å². The fourth-order valence-corrected chi connectivity index (χ4v) is 8.56. The SMILES string of the molecule is COC(=O)[C@]1(C)CC[C@]2(C)CC=C3C4(C)C=Cc5c(cc(O)c(O)c5C)C4(C)CC[C@@]3(C)[C@@H]2C1. The number of phenolic OH excluding ortho intramolecular Hbond substituents is 2. The number of methoxy groups -OCH3 is 1. The maximum Gasteiger partial charge on any atom is 0.311 e. The van der Waals surface area contributed by atoms with Crippen LogP contribution in [0.15, 0.2) is 23.8 Å². The van der Waals surface area contributed by atoms with E-state index in [4.69, 9.17) is 4.74 Å². The number of phenols is 2. The molecule has 0 heterocycles. The van der Waals surface area contributed by atoms with Gasteiger partial charge in [-0.15, -0.1) is 0 Å².